The second kappa shape index (κ2) is 7.52. The highest BCUT2D eigenvalue weighted by Crippen LogP contribution is 2.33. The van der Waals surface area contributed by atoms with Gasteiger partial charge in [0, 0.05) is 11.4 Å². The lowest BCUT2D eigenvalue weighted by Crippen LogP contribution is -2.01. The summed E-state index contributed by atoms with van der Waals surface area (Å²) < 4.78 is 24.8. The lowest BCUT2D eigenvalue weighted by atomic mass is 10.2. The number of fused-ring (bicyclic) bond motifs is 2. The van der Waals surface area contributed by atoms with Crippen molar-refractivity contribution in [3.8, 4) is 11.5 Å². The maximum absolute atomic E-state index is 13.0. The average molecular weight is 405 g/mol. The van der Waals surface area contributed by atoms with Crippen molar-refractivity contribution in [2.24, 2.45) is 0 Å². The van der Waals surface area contributed by atoms with Gasteiger partial charge in [-0.25, -0.2) is 14.4 Å². The molecule has 1 aliphatic heterocycles. The molecule has 0 unspecified atom stereocenters. The van der Waals surface area contributed by atoms with Gasteiger partial charge in [-0.05, 0) is 47.5 Å². The highest BCUT2D eigenvalue weighted by molar-refractivity contribution is 7.20. The van der Waals surface area contributed by atoms with Crippen LogP contribution in [0.3, 0.4) is 0 Å². The highest BCUT2D eigenvalue weighted by atomic mass is 32.1. The molecular formula is C22H16FN3O2S. The maximum atomic E-state index is 13.0. The molecule has 1 aliphatic rings. The second-order valence-corrected chi connectivity index (χ2v) is 7.60. The van der Waals surface area contributed by atoms with Crippen LogP contribution in [-0.2, 0) is 6.54 Å². The van der Waals surface area contributed by atoms with Crippen molar-refractivity contribution in [3.63, 3.8) is 0 Å². The molecule has 2 aromatic carbocycles. The van der Waals surface area contributed by atoms with Crippen LogP contribution in [-0.4, -0.2) is 16.8 Å². The number of hydrogen-bond acceptors (Lipinski definition) is 6. The van der Waals surface area contributed by atoms with Crippen molar-refractivity contribution in [1.29, 1.82) is 0 Å². The average Bonchev–Trinajstić information content (AvgIpc) is 3.38. The Hall–Kier alpha value is -3.45. The summed E-state index contributed by atoms with van der Waals surface area (Å²) in [5, 5.41) is 3.39. The fourth-order valence-corrected chi connectivity index (χ4v) is 4.05. The third-order valence-corrected chi connectivity index (χ3v) is 5.63. The number of anilines is 1. The Morgan fingerprint density at radius 3 is 2.76 bits per heavy atom. The molecule has 0 aliphatic carbocycles. The van der Waals surface area contributed by atoms with E-state index in [1.807, 2.05) is 36.4 Å². The van der Waals surface area contributed by atoms with Crippen molar-refractivity contribution in [3.05, 3.63) is 76.7 Å². The van der Waals surface area contributed by atoms with E-state index >= 15 is 0 Å². The van der Waals surface area contributed by atoms with Gasteiger partial charge < -0.3 is 14.8 Å². The Morgan fingerprint density at radius 1 is 1.00 bits per heavy atom. The number of rotatable bonds is 5. The number of nitrogens with one attached hydrogen (secondary N) is 1. The summed E-state index contributed by atoms with van der Waals surface area (Å²) in [7, 11) is 0. The van der Waals surface area contributed by atoms with Gasteiger partial charge >= 0.3 is 0 Å². The Labute approximate surface area is 170 Å². The largest absolute Gasteiger partial charge is 0.454 e. The van der Waals surface area contributed by atoms with E-state index in [1.54, 1.807) is 29.8 Å². The monoisotopic (exact) mass is 405 g/mol. The molecule has 0 bridgehead atoms. The van der Waals surface area contributed by atoms with Crippen molar-refractivity contribution >= 4 is 39.5 Å². The van der Waals surface area contributed by atoms with Gasteiger partial charge in [0.15, 0.2) is 11.5 Å². The van der Waals surface area contributed by atoms with E-state index in [1.165, 1.54) is 12.1 Å². The smallest absolute Gasteiger partial charge is 0.231 e. The molecule has 144 valence electrons. The van der Waals surface area contributed by atoms with E-state index in [0.717, 1.165) is 43.5 Å². The number of ether oxygens (including phenoxy) is 2. The first-order valence-corrected chi connectivity index (χ1v) is 9.87. The SMILES string of the molecule is Fc1ccc(C=Cc2cc3ncnc(NCc4ccc5c(c4)OCO5)c3s2)cc1. The molecular weight excluding hydrogens is 389 g/mol. The van der Waals surface area contributed by atoms with Gasteiger partial charge in [-0.2, -0.15) is 0 Å². The van der Waals surface area contributed by atoms with Crippen LogP contribution in [0, 0.1) is 5.82 Å². The summed E-state index contributed by atoms with van der Waals surface area (Å²) in [6.45, 7) is 0.879. The van der Waals surface area contributed by atoms with Gasteiger partial charge in [-0.1, -0.05) is 24.3 Å². The lowest BCUT2D eigenvalue weighted by molar-refractivity contribution is 0.174. The van der Waals surface area contributed by atoms with E-state index in [9.17, 15) is 4.39 Å². The van der Waals surface area contributed by atoms with Gasteiger partial charge in [0.05, 0.1) is 10.2 Å². The minimum absolute atomic E-state index is 0.238. The summed E-state index contributed by atoms with van der Waals surface area (Å²) in [6.07, 6.45) is 5.52. The van der Waals surface area contributed by atoms with Crippen LogP contribution in [0.25, 0.3) is 22.4 Å². The van der Waals surface area contributed by atoms with Crippen LogP contribution in [0.4, 0.5) is 10.2 Å². The van der Waals surface area contributed by atoms with Crippen LogP contribution in [0.2, 0.25) is 0 Å². The summed E-state index contributed by atoms with van der Waals surface area (Å²) in [5.41, 5.74) is 2.90. The minimum Gasteiger partial charge on any atom is -0.454 e. The standard InChI is InChI=1S/C22H16FN3O2S/c23-16-5-1-14(2-6-16)3-7-17-10-18-21(29-17)22(26-12-25-18)24-11-15-4-8-19-20(9-15)28-13-27-19/h1-10,12H,11,13H2,(H,24,25,26). The third kappa shape index (κ3) is 3.77. The summed E-state index contributed by atoms with van der Waals surface area (Å²) in [4.78, 5) is 9.82. The van der Waals surface area contributed by atoms with Crippen molar-refractivity contribution in [2.45, 2.75) is 6.54 Å². The molecule has 0 spiro atoms. The number of thiophene rings is 1. The highest BCUT2D eigenvalue weighted by Gasteiger charge is 2.13. The topological polar surface area (TPSA) is 56.3 Å². The van der Waals surface area contributed by atoms with Crippen molar-refractivity contribution < 1.29 is 13.9 Å². The summed E-state index contributed by atoms with van der Waals surface area (Å²) in [6, 6.07) is 14.3. The third-order valence-electron chi connectivity index (χ3n) is 4.54. The van der Waals surface area contributed by atoms with Gasteiger partial charge in [0.2, 0.25) is 6.79 Å². The zero-order chi connectivity index (χ0) is 19.6. The molecule has 1 N–H and O–H groups in total. The molecule has 2 aromatic heterocycles. The molecule has 29 heavy (non-hydrogen) atoms. The predicted molar refractivity (Wildman–Crippen MR) is 113 cm³/mol. The molecule has 5 nitrogen and oxygen atoms in total. The first kappa shape index (κ1) is 17.6. The Balaban J connectivity index is 1.35. The second-order valence-electron chi connectivity index (χ2n) is 6.51. The number of nitrogens with zero attached hydrogens (tertiary/aromatic N) is 2. The summed E-state index contributed by atoms with van der Waals surface area (Å²) >= 11 is 1.61. The van der Waals surface area contributed by atoms with E-state index in [4.69, 9.17) is 9.47 Å². The van der Waals surface area contributed by atoms with Gasteiger partial charge in [-0.15, -0.1) is 11.3 Å². The molecule has 0 fully saturated rings. The Kier molecular flexibility index (Phi) is 4.57. The molecule has 0 atom stereocenters. The molecule has 5 rings (SSSR count). The van der Waals surface area contributed by atoms with E-state index in [-0.39, 0.29) is 12.6 Å². The zero-order valence-corrected chi connectivity index (χ0v) is 16.1. The van der Waals surface area contributed by atoms with Crippen LogP contribution in [0.1, 0.15) is 16.0 Å². The van der Waals surface area contributed by atoms with E-state index < -0.39 is 0 Å². The van der Waals surface area contributed by atoms with Crippen LogP contribution >= 0.6 is 11.3 Å². The quantitative estimate of drug-likeness (QED) is 0.486. The molecule has 0 radical (unpaired) electrons. The van der Waals surface area contributed by atoms with Crippen LogP contribution < -0.4 is 14.8 Å². The van der Waals surface area contributed by atoms with E-state index in [2.05, 4.69) is 15.3 Å². The Bertz CT molecular complexity index is 1200. The zero-order valence-electron chi connectivity index (χ0n) is 15.3. The lowest BCUT2D eigenvalue weighted by Gasteiger charge is -2.07. The minimum atomic E-state index is -0.238. The fourth-order valence-electron chi connectivity index (χ4n) is 3.07. The molecule has 7 heteroatoms. The van der Waals surface area contributed by atoms with Gasteiger partial charge in [0.25, 0.3) is 0 Å². The number of hydrogen-bond donors (Lipinski definition) is 1. The fraction of sp³-hybridized carbons (Fsp3) is 0.0909. The van der Waals surface area contributed by atoms with Crippen LogP contribution in [0.5, 0.6) is 11.5 Å². The Morgan fingerprint density at radius 2 is 1.86 bits per heavy atom. The molecule has 0 saturated carbocycles. The molecule has 3 heterocycles. The van der Waals surface area contributed by atoms with Crippen molar-refractivity contribution in [1.82, 2.24) is 9.97 Å². The number of aromatic nitrogens is 2. The number of halogens is 1. The normalized spacial score (nSPS) is 12.7. The predicted octanol–water partition coefficient (Wildman–Crippen LogP) is 5.34. The first-order chi connectivity index (χ1) is 14.2. The van der Waals surface area contributed by atoms with Gasteiger partial charge in [0.1, 0.15) is 18.0 Å². The first-order valence-electron chi connectivity index (χ1n) is 9.05. The summed E-state index contributed by atoms with van der Waals surface area (Å²) in [5.74, 6) is 2.09. The molecule has 0 amide bonds. The molecule has 0 saturated heterocycles. The number of benzene rings is 2. The van der Waals surface area contributed by atoms with E-state index in [0.29, 0.717) is 6.54 Å². The van der Waals surface area contributed by atoms with Gasteiger partial charge in [-0.3, -0.25) is 0 Å². The van der Waals surface area contributed by atoms with Crippen molar-refractivity contribution in [2.75, 3.05) is 12.1 Å². The van der Waals surface area contributed by atoms with Crippen LogP contribution in [0.15, 0.2) is 54.9 Å². The maximum Gasteiger partial charge on any atom is 0.231 e. The molecule has 4 aromatic rings.